The van der Waals surface area contributed by atoms with Crippen molar-refractivity contribution >= 4 is 15.9 Å². The van der Waals surface area contributed by atoms with E-state index in [1.165, 1.54) is 33.3 Å². The van der Waals surface area contributed by atoms with Gasteiger partial charge in [0, 0.05) is 21.1 Å². The fourth-order valence-corrected chi connectivity index (χ4v) is 1.68. The number of sulfonamides is 1. The average molecular weight is 232 g/mol. The van der Waals surface area contributed by atoms with Crippen molar-refractivity contribution in [2.24, 2.45) is 0 Å². The number of amides is 1. The monoisotopic (exact) mass is 232 g/mol. The van der Waals surface area contributed by atoms with E-state index >= 15 is 0 Å². The molecule has 1 amide bonds. The number of hydrogen-bond acceptors (Lipinski definition) is 4. The molecule has 0 atom stereocenters. The summed E-state index contributed by atoms with van der Waals surface area (Å²) in [5, 5.41) is 2.09. The number of furan rings is 1. The maximum absolute atomic E-state index is 11.6. The molecule has 0 unspecified atom stereocenters. The van der Waals surface area contributed by atoms with E-state index in [1.54, 1.807) is 0 Å². The molecule has 1 rings (SSSR count). The van der Waals surface area contributed by atoms with Gasteiger partial charge in [-0.1, -0.05) is 0 Å². The van der Waals surface area contributed by atoms with Crippen molar-refractivity contribution < 1.29 is 17.6 Å². The van der Waals surface area contributed by atoms with E-state index in [0.717, 1.165) is 4.31 Å². The number of hydrogen-bond donors (Lipinski definition) is 1. The van der Waals surface area contributed by atoms with Gasteiger partial charge in [0.2, 0.25) is 5.09 Å². The van der Waals surface area contributed by atoms with Gasteiger partial charge in [0.1, 0.15) is 0 Å². The third-order valence-corrected chi connectivity index (χ3v) is 3.46. The molecule has 15 heavy (non-hydrogen) atoms. The van der Waals surface area contributed by atoms with Crippen molar-refractivity contribution in [2.75, 3.05) is 21.1 Å². The first kappa shape index (κ1) is 11.7. The minimum absolute atomic E-state index is 0.0297. The molecule has 0 saturated heterocycles. The maximum atomic E-state index is 11.6. The average Bonchev–Trinajstić information content (AvgIpc) is 2.65. The number of carbonyl (C=O) groups is 1. The van der Waals surface area contributed by atoms with Crippen LogP contribution >= 0.6 is 0 Å². The van der Waals surface area contributed by atoms with Gasteiger partial charge in [-0.3, -0.25) is 4.79 Å². The number of rotatable bonds is 3. The molecule has 1 N–H and O–H groups in total. The second-order valence-corrected chi connectivity index (χ2v) is 5.07. The Bertz CT molecular complexity index is 461. The normalized spacial score (nSPS) is 11.7. The number of nitrogens with one attached hydrogen (secondary N) is 1. The highest BCUT2D eigenvalue weighted by Gasteiger charge is 2.22. The van der Waals surface area contributed by atoms with Crippen molar-refractivity contribution in [1.29, 1.82) is 0 Å². The first-order chi connectivity index (χ1) is 6.89. The van der Waals surface area contributed by atoms with Crippen LogP contribution in [0.4, 0.5) is 0 Å². The molecule has 0 aliphatic heterocycles. The molecular formula is C8H12N2O4S. The topological polar surface area (TPSA) is 79.6 Å². The zero-order valence-corrected chi connectivity index (χ0v) is 9.46. The van der Waals surface area contributed by atoms with E-state index in [4.69, 9.17) is 4.42 Å². The van der Waals surface area contributed by atoms with Crippen LogP contribution in [0.5, 0.6) is 0 Å². The molecule has 0 spiro atoms. The SMILES string of the molecule is CNC(=O)c1ccc(S(=O)(=O)N(C)C)o1. The predicted molar refractivity (Wildman–Crippen MR) is 53.0 cm³/mol. The smallest absolute Gasteiger partial charge is 0.286 e. The zero-order valence-electron chi connectivity index (χ0n) is 8.64. The Morgan fingerprint density at radius 2 is 2.00 bits per heavy atom. The van der Waals surface area contributed by atoms with E-state index in [0.29, 0.717) is 0 Å². The van der Waals surface area contributed by atoms with Gasteiger partial charge in [0.15, 0.2) is 5.76 Å². The predicted octanol–water partition coefficient (Wildman–Crippen LogP) is -0.110. The molecule has 0 saturated carbocycles. The van der Waals surface area contributed by atoms with Crippen LogP contribution in [0.15, 0.2) is 21.6 Å². The lowest BCUT2D eigenvalue weighted by molar-refractivity contribution is 0.0930. The summed E-state index contributed by atoms with van der Waals surface area (Å²) in [6.45, 7) is 0. The second kappa shape index (κ2) is 4.03. The molecule has 1 aromatic rings. The van der Waals surface area contributed by atoms with Crippen LogP contribution in [0.25, 0.3) is 0 Å². The van der Waals surface area contributed by atoms with Gasteiger partial charge in [-0.15, -0.1) is 0 Å². The largest absolute Gasteiger partial charge is 0.438 e. The van der Waals surface area contributed by atoms with Crippen molar-refractivity contribution in [3.05, 3.63) is 17.9 Å². The van der Waals surface area contributed by atoms with E-state index in [-0.39, 0.29) is 10.9 Å². The molecule has 0 radical (unpaired) electrons. The second-order valence-electron chi connectivity index (χ2n) is 2.99. The highest BCUT2D eigenvalue weighted by Crippen LogP contribution is 2.16. The summed E-state index contributed by atoms with van der Waals surface area (Å²) in [7, 11) is 0.597. The highest BCUT2D eigenvalue weighted by molar-refractivity contribution is 7.88. The summed E-state index contributed by atoms with van der Waals surface area (Å²) in [5.74, 6) is -0.492. The minimum Gasteiger partial charge on any atom is -0.438 e. The lowest BCUT2D eigenvalue weighted by atomic mass is 10.4. The van der Waals surface area contributed by atoms with Gasteiger partial charge < -0.3 is 9.73 Å². The van der Waals surface area contributed by atoms with Crippen LogP contribution in [0.2, 0.25) is 0 Å². The Morgan fingerprint density at radius 1 is 1.40 bits per heavy atom. The molecular weight excluding hydrogens is 220 g/mol. The number of nitrogens with zero attached hydrogens (tertiary/aromatic N) is 1. The first-order valence-corrected chi connectivity index (χ1v) is 5.58. The van der Waals surface area contributed by atoms with Crippen molar-refractivity contribution in [3.8, 4) is 0 Å². The third kappa shape index (κ3) is 2.18. The summed E-state index contributed by atoms with van der Waals surface area (Å²) >= 11 is 0. The fraction of sp³-hybridized carbons (Fsp3) is 0.375. The summed E-state index contributed by atoms with van der Waals surface area (Å²) in [6.07, 6.45) is 0. The van der Waals surface area contributed by atoms with Crippen LogP contribution in [0, 0.1) is 0 Å². The van der Waals surface area contributed by atoms with Crippen LogP contribution in [0.3, 0.4) is 0 Å². The molecule has 0 aliphatic rings. The van der Waals surface area contributed by atoms with Gasteiger partial charge >= 0.3 is 0 Å². The molecule has 0 aromatic carbocycles. The summed E-state index contributed by atoms with van der Waals surface area (Å²) in [4.78, 5) is 11.1. The highest BCUT2D eigenvalue weighted by atomic mass is 32.2. The summed E-state index contributed by atoms with van der Waals surface area (Å²) in [6, 6.07) is 2.56. The van der Waals surface area contributed by atoms with E-state index in [1.807, 2.05) is 0 Å². The molecule has 1 heterocycles. The maximum Gasteiger partial charge on any atom is 0.286 e. The Balaban J connectivity index is 3.10. The summed E-state index contributed by atoms with van der Waals surface area (Å²) < 4.78 is 29.0. The van der Waals surface area contributed by atoms with Gasteiger partial charge in [-0.05, 0) is 12.1 Å². The van der Waals surface area contributed by atoms with Gasteiger partial charge in [-0.25, -0.2) is 12.7 Å². The Labute approximate surface area is 87.9 Å². The van der Waals surface area contributed by atoms with Crippen LogP contribution in [-0.2, 0) is 10.0 Å². The minimum atomic E-state index is -3.61. The standard InChI is InChI=1S/C8H12N2O4S/c1-9-8(11)6-4-5-7(14-6)15(12,13)10(2)3/h4-5H,1-3H3,(H,9,11). The molecule has 6 nitrogen and oxygen atoms in total. The molecule has 1 aromatic heterocycles. The van der Waals surface area contributed by atoms with Gasteiger partial charge in [0.05, 0.1) is 0 Å². The van der Waals surface area contributed by atoms with Crippen molar-refractivity contribution in [2.45, 2.75) is 5.09 Å². The Morgan fingerprint density at radius 3 is 2.47 bits per heavy atom. The van der Waals surface area contributed by atoms with E-state index < -0.39 is 15.9 Å². The van der Waals surface area contributed by atoms with Crippen LogP contribution in [0.1, 0.15) is 10.6 Å². The van der Waals surface area contributed by atoms with E-state index in [9.17, 15) is 13.2 Å². The quantitative estimate of drug-likeness (QED) is 0.788. The molecule has 0 fully saturated rings. The van der Waals surface area contributed by atoms with E-state index in [2.05, 4.69) is 5.32 Å². The van der Waals surface area contributed by atoms with Gasteiger partial charge in [-0.2, -0.15) is 0 Å². The molecule has 0 aliphatic carbocycles. The lowest BCUT2D eigenvalue weighted by Gasteiger charge is -2.07. The van der Waals surface area contributed by atoms with Crippen molar-refractivity contribution in [3.63, 3.8) is 0 Å². The first-order valence-electron chi connectivity index (χ1n) is 4.14. The molecule has 0 bridgehead atoms. The van der Waals surface area contributed by atoms with Crippen molar-refractivity contribution in [1.82, 2.24) is 9.62 Å². The van der Waals surface area contributed by atoms with Crippen LogP contribution in [-0.4, -0.2) is 39.8 Å². The third-order valence-electron chi connectivity index (χ3n) is 1.77. The Kier molecular flexibility index (Phi) is 3.15. The summed E-state index contributed by atoms with van der Waals surface area (Å²) in [5.41, 5.74) is 0. The molecule has 84 valence electrons. The zero-order chi connectivity index (χ0) is 11.6. The number of carbonyl (C=O) groups excluding carboxylic acids is 1. The molecule has 7 heteroatoms. The lowest BCUT2D eigenvalue weighted by Crippen LogP contribution is -2.22. The van der Waals surface area contributed by atoms with Crippen LogP contribution < -0.4 is 5.32 Å². The Hall–Kier alpha value is -1.34. The van der Waals surface area contributed by atoms with Gasteiger partial charge in [0.25, 0.3) is 15.9 Å². The fourth-order valence-electron chi connectivity index (χ4n) is 0.884.